The molecule has 2 saturated carbocycles. The van der Waals surface area contributed by atoms with E-state index in [9.17, 15) is 28.3 Å². The topological polar surface area (TPSA) is 104 Å². The molecule has 0 radical (unpaired) electrons. The minimum absolute atomic E-state index is 0.0368. The molecule has 3 heterocycles. The molecule has 1 saturated heterocycles. The first kappa shape index (κ1) is 30.4. The number of carbonyl (C=O) groups is 3. The van der Waals surface area contributed by atoms with Crippen LogP contribution in [0.4, 0.5) is 8.78 Å². The number of nitrogens with zero attached hydrogens (tertiary/aromatic N) is 3. The molecule has 10 heteroatoms. The van der Waals surface area contributed by atoms with E-state index in [4.69, 9.17) is 9.40 Å². The standard InChI is InChI=1S/C32H43F2N3O5/c1-30(2,3)22-16-23(19-10-12-32(33,34)13-11-19)35-24-17-25(42-26(22)24)28(39)37-15-14-36(18-31(37,4)5)27(38)20-6-8-21(9-7-20)29(40)41/h16-17,19-21H,6-15,18H2,1-5H3,(H,40,41). The Bertz CT molecular complexity index is 1360. The Hall–Kier alpha value is -3.04. The largest absolute Gasteiger partial charge is 0.481 e. The Morgan fingerprint density at radius 3 is 2.17 bits per heavy atom. The summed E-state index contributed by atoms with van der Waals surface area (Å²) in [6.45, 7) is 11.1. The van der Waals surface area contributed by atoms with Crippen LogP contribution in [0, 0.1) is 11.8 Å². The van der Waals surface area contributed by atoms with Gasteiger partial charge >= 0.3 is 5.97 Å². The van der Waals surface area contributed by atoms with Crippen molar-refractivity contribution in [3.05, 3.63) is 29.2 Å². The summed E-state index contributed by atoms with van der Waals surface area (Å²) in [7, 11) is 0. The lowest BCUT2D eigenvalue weighted by Crippen LogP contribution is -2.62. The van der Waals surface area contributed by atoms with Gasteiger partial charge in [-0.3, -0.25) is 14.4 Å². The highest BCUT2D eigenvalue weighted by Gasteiger charge is 2.42. The van der Waals surface area contributed by atoms with Crippen LogP contribution in [0.1, 0.15) is 114 Å². The number of furan rings is 1. The molecular weight excluding hydrogens is 544 g/mol. The zero-order valence-corrected chi connectivity index (χ0v) is 25.3. The van der Waals surface area contributed by atoms with E-state index >= 15 is 0 Å². The summed E-state index contributed by atoms with van der Waals surface area (Å²) in [5.74, 6) is -4.09. The second kappa shape index (κ2) is 10.9. The SMILES string of the molecule is CC(C)(C)c1cc(C2CCC(F)(F)CC2)nc2cc(C(=O)N3CCN(C(=O)C4CCC(C(=O)O)CC4)CC3(C)C)oc12. The predicted octanol–water partition coefficient (Wildman–Crippen LogP) is 6.37. The molecule has 2 aliphatic carbocycles. The van der Waals surface area contributed by atoms with Crippen LogP contribution in [-0.4, -0.2) is 68.8 Å². The normalized spacial score (nSPS) is 25.0. The molecule has 1 N–H and O–H groups in total. The number of halogens is 2. The fraction of sp³-hybridized carbons (Fsp3) is 0.688. The van der Waals surface area contributed by atoms with Gasteiger partial charge < -0.3 is 19.3 Å². The lowest BCUT2D eigenvalue weighted by Gasteiger charge is -2.47. The van der Waals surface area contributed by atoms with E-state index in [-0.39, 0.29) is 53.6 Å². The van der Waals surface area contributed by atoms with Crippen molar-refractivity contribution in [3.63, 3.8) is 0 Å². The van der Waals surface area contributed by atoms with Crippen molar-refractivity contribution < 1.29 is 32.7 Å². The van der Waals surface area contributed by atoms with Gasteiger partial charge in [0.25, 0.3) is 5.91 Å². The van der Waals surface area contributed by atoms with Crippen LogP contribution >= 0.6 is 0 Å². The van der Waals surface area contributed by atoms with Gasteiger partial charge in [0.15, 0.2) is 11.3 Å². The number of hydrogen-bond donors (Lipinski definition) is 1. The van der Waals surface area contributed by atoms with Crippen molar-refractivity contribution in [2.24, 2.45) is 11.8 Å². The van der Waals surface area contributed by atoms with Crippen molar-refractivity contribution in [2.75, 3.05) is 19.6 Å². The number of aromatic nitrogens is 1. The van der Waals surface area contributed by atoms with Crippen LogP contribution < -0.4 is 0 Å². The average molecular weight is 588 g/mol. The van der Waals surface area contributed by atoms with Gasteiger partial charge in [-0.15, -0.1) is 0 Å². The third-order valence-corrected chi connectivity index (χ3v) is 9.54. The van der Waals surface area contributed by atoms with E-state index in [0.29, 0.717) is 69.3 Å². The van der Waals surface area contributed by atoms with Crippen LogP contribution in [0.2, 0.25) is 0 Å². The van der Waals surface area contributed by atoms with Gasteiger partial charge in [0.2, 0.25) is 11.8 Å². The number of rotatable bonds is 4. The van der Waals surface area contributed by atoms with Crippen LogP contribution in [0.25, 0.3) is 11.1 Å². The summed E-state index contributed by atoms with van der Waals surface area (Å²) < 4.78 is 33.9. The second-order valence-electron chi connectivity index (χ2n) is 14.2. The molecule has 0 atom stereocenters. The third kappa shape index (κ3) is 6.04. The van der Waals surface area contributed by atoms with Gasteiger partial charge in [0.1, 0.15) is 5.52 Å². The lowest BCUT2D eigenvalue weighted by atomic mass is 9.81. The summed E-state index contributed by atoms with van der Waals surface area (Å²) in [6, 6.07) is 3.63. The van der Waals surface area contributed by atoms with Crippen LogP contribution in [-0.2, 0) is 15.0 Å². The van der Waals surface area contributed by atoms with Crippen LogP contribution in [0.3, 0.4) is 0 Å². The molecule has 2 aromatic heterocycles. The van der Waals surface area contributed by atoms with Gasteiger partial charge in [0, 0.05) is 61.6 Å². The lowest BCUT2D eigenvalue weighted by molar-refractivity contribution is -0.147. The Kier molecular flexibility index (Phi) is 7.90. The fourth-order valence-corrected chi connectivity index (χ4v) is 6.95. The van der Waals surface area contributed by atoms with Crippen LogP contribution in [0.5, 0.6) is 0 Å². The van der Waals surface area contributed by atoms with E-state index in [2.05, 4.69) is 20.8 Å². The van der Waals surface area contributed by atoms with E-state index in [1.807, 2.05) is 24.8 Å². The quantitative estimate of drug-likeness (QED) is 0.446. The minimum atomic E-state index is -2.62. The third-order valence-electron chi connectivity index (χ3n) is 9.54. The first-order chi connectivity index (χ1) is 19.6. The Balaban J connectivity index is 1.34. The van der Waals surface area contributed by atoms with E-state index in [0.717, 1.165) is 11.3 Å². The van der Waals surface area contributed by atoms with E-state index in [1.54, 1.807) is 11.0 Å². The van der Waals surface area contributed by atoms with Crippen molar-refractivity contribution in [2.45, 2.75) is 109 Å². The molecule has 3 aliphatic rings. The van der Waals surface area contributed by atoms with Crippen molar-refractivity contribution >= 4 is 28.9 Å². The number of hydrogen-bond acceptors (Lipinski definition) is 5. The molecule has 0 unspecified atom stereocenters. The molecule has 1 aliphatic heterocycles. The van der Waals surface area contributed by atoms with Crippen molar-refractivity contribution in [1.29, 1.82) is 0 Å². The summed E-state index contributed by atoms with van der Waals surface area (Å²) in [5, 5.41) is 9.28. The molecule has 8 nitrogen and oxygen atoms in total. The number of alkyl halides is 2. The molecule has 0 aromatic carbocycles. The summed E-state index contributed by atoms with van der Waals surface area (Å²) in [6.07, 6.45) is 2.62. The predicted molar refractivity (Wildman–Crippen MR) is 154 cm³/mol. The number of carboxylic acid groups (broad SMARTS) is 1. The Labute approximate surface area is 245 Å². The zero-order chi connectivity index (χ0) is 30.6. The smallest absolute Gasteiger partial charge is 0.306 e. The maximum Gasteiger partial charge on any atom is 0.306 e. The molecule has 42 heavy (non-hydrogen) atoms. The maximum atomic E-state index is 13.8. The maximum absolute atomic E-state index is 13.8. The fourth-order valence-electron chi connectivity index (χ4n) is 6.95. The Morgan fingerprint density at radius 1 is 0.976 bits per heavy atom. The van der Waals surface area contributed by atoms with E-state index in [1.165, 1.54) is 0 Å². The average Bonchev–Trinajstić information content (AvgIpc) is 3.35. The monoisotopic (exact) mass is 587 g/mol. The summed E-state index contributed by atoms with van der Waals surface area (Å²) in [5.41, 5.74) is 1.79. The molecule has 2 amide bonds. The number of carbonyl (C=O) groups excluding carboxylic acids is 2. The zero-order valence-electron chi connectivity index (χ0n) is 25.3. The van der Waals surface area contributed by atoms with Gasteiger partial charge in [-0.25, -0.2) is 13.8 Å². The molecule has 0 bridgehead atoms. The number of fused-ring (bicyclic) bond motifs is 1. The number of pyridine rings is 1. The van der Waals surface area contributed by atoms with Gasteiger partial charge in [-0.05, 0) is 63.9 Å². The number of carboxylic acids is 1. The molecule has 230 valence electrons. The summed E-state index contributed by atoms with van der Waals surface area (Å²) >= 11 is 0. The molecular formula is C32H43F2N3O5. The molecule has 5 rings (SSSR count). The second-order valence-corrected chi connectivity index (χ2v) is 14.2. The van der Waals surface area contributed by atoms with E-state index < -0.39 is 17.4 Å². The van der Waals surface area contributed by atoms with Gasteiger partial charge in [-0.1, -0.05) is 20.8 Å². The highest BCUT2D eigenvalue weighted by molar-refractivity contribution is 5.96. The highest BCUT2D eigenvalue weighted by atomic mass is 19.3. The molecule has 3 fully saturated rings. The van der Waals surface area contributed by atoms with Gasteiger partial charge in [-0.2, -0.15) is 0 Å². The number of piperazine rings is 1. The number of amides is 2. The molecule has 0 spiro atoms. The first-order valence-corrected chi connectivity index (χ1v) is 15.2. The Morgan fingerprint density at radius 2 is 1.60 bits per heavy atom. The first-order valence-electron chi connectivity index (χ1n) is 15.2. The number of aliphatic carboxylic acids is 1. The summed E-state index contributed by atoms with van der Waals surface area (Å²) in [4.78, 5) is 46.8. The minimum Gasteiger partial charge on any atom is -0.481 e. The molecule has 2 aromatic rings. The van der Waals surface area contributed by atoms with Crippen LogP contribution in [0.15, 0.2) is 16.5 Å². The van der Waals surface area contributed by atoms with Crippen molar-refractivity contribution in [3.8, 4) is 0 Å². The highest BCUT2D eigenvalue weighted by Crippen LogP contribution is 2.42. The van der Waals surface area contributed by atoms with Crippen molar-refractivity contribution in [1.82, 2.24) is 14.8 Å². The van der Waals surface area contributed by atoms with Gasteiger partial charge in [0.05, 0.1) is 11.5 Å².